The minimum atomic E-state index is -0.133. The average molecular weight is 404 g/mol. The van der Waals surface area contributed by atoms with Crippen LogP contribution in [-0.4, -0.2) is 50.2 Å². The Kier molecular flexibility index (Phi) is 5.52. The van der Waals surface area contributed by atoms with Gasteiger partial charge in [-0.15, -0.1) is 0 Å². The molecule has 0 saturated heterocycles. The minimum Gasteiger partial charge on any atom is -0.493 e. The molecule has 7 heteroatoms. The van der Waals surface area contributed by atoms with E-state index in [1.165, 1.54) is 0 Å². The molecule has 0 radical (unpaired) electrons. The van der Waals surface area contributed by atoms with E-state index in [4.69, 9.17) is 19.4 Å². The Morgan fingerprint density at radius 2 is 1.67 bits per heavy atom. The van der Waals surface area contributed by atoms with Crippen LogP contribution in [0.4, 0.5) is 11.6 Å². The first-order valence-corrected chi connectivity index (χ1v) is 9.80. The maximum atomic E-state index is 13.1. The van der Waals surface area contributed by atoms with E-state index in [-0.39, 0.29) is 5.91 Å². The van der Waals surface area contributed by atoms with Crippen molar-refractivity contribution in [1.29, 1.82) is 0 Å². The van der Waals surface area contributed by atoms with Crippen LogP contribution in [0, 0.1) is 0 Å². The van der Waals surface area contributed by atoms with Gasteiger partial charge in [0, 0.05) is 26.2 Å². The van der Waals surface area contributed by atoms with Gasteiger partial charge in [0.2, 0.25) is 0 Å². The molecule has 1 aliphatic rings. The minimum absolute atomic E-state index is 0.133. The zero-order valence-corrected chi connectivity index (χ0v) is 17.3. The van der Waals surface area contributed by atoms with E-state index in [1.807, 2.05) is 49.5 Å². The number of rotatable bonds is 4. The van der Waals surface area contributed by atoms with E-state index in [0.717, 1.165) is 35.4 Å². The Labute approximate surface area is 175 Å². The zero-order valence-electron chi connectivity index (χ0n) is 17.3. The highest BCUT2D eigenvalue weighted by molar-refractivity contribution is 6.05. The maximum Gasteiger partial charge on any atom is 0.252 e. The number of amides is 1. The van der Waals surface area contributed by atoms with E-state index in [9.17, 15) is 4.79 Å². The quantitative estimate of drug-likeness (QED) is 0.620. The molecule has 2 aromatic carbocycles. The number of ether oxygens (including phenoxy) is 2. The van der Waals surface area contributed by atoms with Crippen LogP contribution in [0.3, 0.4) is 0 Å². The lowest BCUT2D eigenvalue weighted by Gasteiger charge is -2.21. The molecule has 0 spiro atoms. The van der Waals surface area contributed by atoms with Gasteiger partial charge in [-0.2, -0.15) is 0 Å². The van der Waals surface area contributed by atoms with Gasteiger partial charge in [0.15, 0.2) is 23.1 Å². The van der Waals surface area contributed by atoms with Crippen molar-refractivity contribution in [1.82, 2.24) is 9.97 Å². The van der Waals surface area contributed by atoms with Gasteiger partial charge >= 0.3 is 0 Å². The highest BCUT2D eigenvalue weighted by atomic mass is 16.5. The summed E-state index contributed by atoms with van der Waals surface area (Å²) < 4.78 is 10.6. The predicted molar refractivity (Wildman–Crippen MR) is 118 cm³/mol. The molecule has 0 aliphatic carbocycles. The second kappa shape index (κ2) is 8.41. The van der Waals surface area contributed by atoms with Crippen LogP contribution in [0.25, 0.3) is 17.1 Å². The number of fused-ring (bicyclic) bond motifs is 2. The fraction of sp³-hybridized carbons (Fsp3) is 0.261. The Morgan fingerprint density at radius 1 is 0.967 bits per heavy atom. The van der Waals surface area contributed by atoms with Gasteiger partial charge in [-0.05, 0) is 42.3 Å². The van der Waals surface area contributed by atoms with Crippen LogP contribution in [0.15, 0.2) is 48.5 Å². The molecule has 0 unspecified atom stereocenters. The average Bonchev–Trinajstić information content (AvgIpc) is 2.94. The molecule has 30 heavy (non-hydrogen) atoms. The lowest BCUT2D eigenvalue weighted by Crippen LogP contribution is -2.30. The second-order valence-electron chi connectivity index (χ2n) is 7.07. The van der Waals surface area contributed by atoms with Crippen molar-refractivity contribution in [2.45, 2.75) is 6.42 Å². The molecule has 7 nitrogen and oxygen atoms in total. The van der Waals surface area contributed by atoms with Crippen LogP contribution in [0.5, 0.6) is 11.5 Å². The smallest absolute Gasteiger partial charge is 0.252 e. The summed E-state index contributed by atoms with van der Waals surface area (Å²) in [4.78, 5) is 26.4. The number of hydrogen-bond donors (Lipinski definition) is 0. The number of benzene rings is 2. The molecule has 4 rings (SSSR count). The van der Waals surface area contributed by atoms with Crippen LogP contribution < -0.4 is 19.3 Å². The molecular weight excluding hydrogens is 380 g/mol. The lowest BCUT2D eigenvalue weighted by atomic mass is 10.2. The van der Waals surface area contributed by atoms with Crippen LogP contribution in [0.1, 0.15) is 12.0 Å². The third kappa shape index (κ3) is 3.78. The normalized spacial score (nSPS) is 14.0. The number of anilines is 2. The second-order valence-corrected chi connectivity index (χ2v) is 7.07. The van der Waals surface area contributed by atoms with Crippen LogP contribution in [-0.2, 0) is 4.79 Å². The summed E-state index contributed by atoms with van der Waals surface area (Å²) in [7, 11) is 5.16. The molecule has 0 atom stereocenters. The molecule has 0 N–H and O–H groups in total. The molecular formula is C23H24N4O3. The highest BCUT2D eigenvalue weighted by Gasteiger charge is 2.25. The van der Waals surface area contributed by atoms with Crippen LogP contribution >= 0.6 is 0 Å². The third-order valence-electron chi connectivity index (χ3n) is 5.12. The van der Waals surface area contributed by atoms with Crippen molar-refractivity contribution < 1.29 is 14.3 Å². The third-order valence-corrected chi connectivity index (χ3v) is 5.12. The Balaban J connectivity index is 1.67. The SMILES string of the molecule is COc1ccc(C=CC(=O)N2CCCN(C)c3nc4ccccc4nc32)cc1OC. The number of nitrogens with zero attached hydrogens (tertiary/aromatic N) is 4. The maximum absolute atomic E-state index is 13.1. The van der Waals surface area contributed by atoms with Gasteiger partial charge in [-0.1, -0.05) is 18.2 Å². The van der Waals surface area contributed by atoms with Crippen molar-refractivity contribution in [3.05, 3.63) is 54.1 Å². The monoisotopic (exact) mass is 404 g/mol. The Hall–Kier alpha value is -3.61. The number of aromatic nitrogens is 2. The largest absolute Gasteiger partial charge is 0.493 e. The molecule has 1 amide bonds. The van der Waals surface area contributed by atoms with E-state index in [0.29, 0.717) is 23.9 Å². The number of carbonyl (C=O) groups excluding carboxylic acids is 1. The summed E-state index contributed by atoms with van der Waals surface area (Å²) in [5.74, 6) is 2.44. The molecule has 1 aromatic heterocycles. The first kappa shape index (κ1) is 19.7. The number of carbonyl (C=O) groups is 1. The fourth-order valence-corrected chi connectivity index (χ4v) is 3.52. The van der Waals surface area contributed by atoms with E-state index in [1.54, 1.807) is 31.3 Å². The highest BCUT2D eigenvalue weighted by Crippen LogP contribution is 2.31. The summed E-state index contributed by atoms with van der Waals surface area (Å²) in [5, 5.41) is 0. The van der Waals surface area contributed by atoms with Crippen molar-refractivity contribution in [2.75, 3.05) is 44.2 Å². The summed E-state index contributed by atoms with van der Waals surface area (Å²) in [6.07, 6.45) is 4.17. The fourth-order valence-electron chi connectivity index (χ4n) is 3.52. The lowest BCUT2D eigenvalue weighted by molar-refractivity contribution is -0.114. The Morgan fingerprint density at radius 3 is 2.37 bits per heavy atom. The van der Waals surface area contributed by atoms with Gasteiger partial charge < -0.3 is 14.4 Å². The van der Waals surface area contributed by atoms with Crippen molar-refractivity contribution >= 4 is 34.7 Å². The molecule has 0 bridgehead atoms. The van der Waals surface area contributed by atoms with E-state index >= 15 is 0 Å². The van der Waals surface area contributed by atoms with Crippen LogP contribution in [0.2, 0.25) is 0 Å². The zero-order chi connectivity index (χ0) is 21.1. The van der Waals surface area contributed by atoms with Crippen molar-refractivity contribution in [3.63, 3.8) is 0 Å². The van der Waals surface area contributed by atoms with E-state index in [2.05, 4.69) is 4.90 Å². The molecule has 0 saturated carbocycles. The molecule has 0 fully saturated rings. The Bertz CT molecular complexity index is 1110. The van der Waals surface area contributed by atoms with Gasteiger partial charge in [0.25, 0.3) is 5.91 Å². The molecule has 1 aliphatic heterocycles. The van der Waals surface area contributed by atoms with Crippen molar-refractivity contribution in [3.8, 4) is 11.5 Å². The summed E-state index contributed by atoms with van der Waals surface area (Å²) in [6.45, 7) is 1.39. The van der Waals surface area contributed by atoms with Gasteiger partial charge in [0.05, 0.1) is 25.3 Å². The summed E-state index contributed by atoms with van der Waals surface area (Å²) in [5.41, 5.74) is 2.43. The number of para-hydroxylation sites is 2. The predicted octanol–water partition coefficient (Wildman–Crippen LogP) is 3.53. The molecule has 2 heterocycles. The first-order chi connectivity index (χ1) is 14.6. The number of hydrogen-bond acceptors (Lipinski definition) is 6. The standard InChI is InChI=1S/C23H24N4O3/c1-26-13-6-14-27(23-22(26)24-17-7-4-5-8-18(17)25-23)21(28)12-10-16-9-11-19(29-2)20(15-16)30-3/h4-5,7-12,15H,6,13-14H2,1-3H3. The van der Waals surface area contributed by atoms with Gasteiger partial charge in [-0.3, -0.25) is 9.69 Å². The van der Waals surface area contributed by atoms with E-state index < -0.39 is 0 Å². The summed E-state index contributed by atoms with van der Waals surface area (Å²) in [6, 6.07) is 13.2. The molecule has 154 valence electrons. The van der Waals surface area contributed by atoms with Crippen molar-refractivity contribution in [2.24, 2.45) is 0 Å². The number of methoxy groups -OCH3 is 2. The van der Waals surface area contributed by atoms with Gasteiger partial charge in [0.1, 0.15) is 0 Å². The first-order valence-electron chi connectivity index (χ1n) is 9.80. The van der Waals surface area contributed by atoms with Gasteiger partial charge in [-0.25, -0.2) is 9.97 Å². The summed E-state index contributed by atoms with van der Waals surface area (Å²) >= 11 is 0. The topological polar surface area (TPSA) is 67.8 Å². The molecule has 3 aromatic rings.